The lowest BCUT2D eigenvalue weighted by molar-refractivity contribution is -0.116. The Morgan fingerprint density at radius 3 is 2.41 bits per heavy atom. The van der Waals surface area contributed by atoms with Gasteiger partial charge >= 0.3 is 0 Å². The monoisotopic (exact) mass is 367 g/mol. The van der Waals surface area contributed by atoms with Gasteiger partial charge in [0.05, 0.1) is 6.54 Å². The van der Waals surface area contributed by atoms with Gasteiger partial charge in [-0.3, -0.25) is 9.59 Å². The third-order valence-electron chi connectivity index (χ3n) is 4.26. The van der Waals surface area contributed by atoms with Crippen LogP contribution in [0.4, 0.5) is 17.1 Å². The first-order valence-electron chi connectivity index (χ1n) is 9.49. The number of unbranched alkanes of at least 4 members (excludes halogenated alkanes) is 2. The van der Waals surface area contributed by atoms with Crippen LogP contribution in [-0.4, -0.2) is 18.4 Å². The number of hydrogen-bond acceptors (Lipinski definition) is 3. The normalized spacial score (nSPS) is 10.3. The zero-order chi connectivity index (χ0) is 19.6. The van der Waals surface area contributed by atoms with Crippen LogP contribution in [0.25, 0.3) is 0 Å². The van der Waals surface area contributed by atoms with E-state index in [1.165, 1.54) is 0 Å². The SMILES string of the molecule is CCCCCC(=O)Nc1cccc(NCC(=O)Nc2ccc(C)cc2C)c1. The zero-order valence-corrected chi connectivity index (χ0v) is 16.4. The first kappa shape index (κ1) is 20.5. The quantitative estimate of drug-likeness (QED) is 0.554. The van der Waals surface area contributed by atoms with Crippen molar-refractivity contribution in [3.63, 3.8) is 0 Å². The van der Waals surface area contributed by atoms with Gasteiger partial charge in [0.2, 0.25) is 11.8 Å². The summed E-state index contributed by atoms with van der Waals surface area (Å²) in [5.41, 5.74) is 4.54. The van der Waals surface area contributed by atoms with E-state index in [2.05, 4.69) is 22.9 Å². The van der Waals surface area contributed by atoms with Crippen molar-refractivity contribution in [2.24, 2.45) is 0 Å². The molecule has 144 valence electrons. The molecule has 0 aliphatic carbocycles. The predicted molar refractivity (Wildman–Crippen MR) is 112 cm³/mol. The molecule has 2 amide bonds. The Morgan fingerprint density at radius 2 is 1.67 bits per heavy atom. The molecule has 0 unspecified atom stereocenters. The van der Waals surface area contributed by atoms with E-state index < -0.39 is 0 Å². The maximum atomic E-state index is 12.2. The Hall–Kier alpha value is -2.82. The molecule has 2 rings (SSSR count). The molecule has 0 fully saturated rings. The number of carbonyl (C=O) groups excluding carboxylic acids is 2. The van der Waals surface area contributed by atoms with Gasteiger partial charge in [-0.1, -0.05) is 43.5 Å². The molecule has 3 N–H and O–H groups in total. The van der Waals surface area contributed by atoms with Crippen molar-refractivity contribution in [3.8, 4) is 0 Å². The van der Waals surface area contributed by atoms with Crippen molar-refractivity contribution in [1.29, 1.82) is 0 Å². The maximum Gasteiger partial charge on any atom is 0.243 e. The fourth-order valence-electron chi connectivity index (χ4n) is 2.80. The van der Waals surface area contributed by atoms with Crippen LogP contribution in [-0.2, 0) is 9.59 Å². The third kappa shape index (κ3) is 7.13. The number of anilines is 3. The number of rotatable bonds is 9. The van der Waals surface area contributed by atoms with Crippen molar-refractivity contribution in [1.82, 2.24) is 0 Å². The Balaban J connectivity index is 1.84. The Labute approximate surface area is 161 Å². The molecule has 0 heterocycles. The lowest BCUT2D eigenvalue weighted by Crippen LogP contribution is -2.22. The minimum atomic E-state index is -0.115. The van der Waals surface area contributed by atoms with E-state index in [1.807, 2.05) is 56.3 Å². The fraction of sp³-hybridized carbons (Fsp3) is 0.364. The minimum Gasteiger partial charge on any atom is -0.376 e. The molecule has 5 heteroatoms. The molecule has 0 aromatic heterocycles. The first-order chi connectivity index (χ1) is 13.0. The van der Waals surface area contributed by atoms with Crippen LogP contribution in [0, 0.1) is 13.8 Å². The van der Waals surface area contributed by atoms with Gasteiger partial charge in [-0.15, -0.1) is 0 Å². The van der Waals surface area contributed by atoms with Crippen LogP contribution in [0.5, 0.6) is 0 Å². The highest BCUT2D eigenvalue weighted by Gasteiger charge is 2.06. The summed E-state index contributed by atoms with van der Waals surface area (Å²) in [5, 5.41) is 8.91. The van der Waals surface area contributed by atoms with Crippen LogP contribution in [0.3, 0.4) is 0 Å². The minimum absolute atomic E-state index is 0.0215. The summed E-state index contributed by atoms with van der Waals surface area (Å²) in [6.45, 7) is 6.27. The largest absolute Gasteiger partial charge is 0.376 e. The van der Waals surface area contributed by atoms with Gasteiger partial charge in [-0.05, 0) is 50.1 Å². The van der Waals surface area contributed by atoms with Crippen LogP contribution in [0.2, 0.25) is 0 Å². The molecule has 27 heavy (non-hydrogen) atoms. The van der Waals surface area contributed by atoms with Gasteiger partial charge in [-0.25, -0.2) is 0 Å². The van der Waals surface area contributed by atoms with Gasteiger partial charge in [0, 0.05) is 23.5 Å². The Kier molecular flexibility index (Phi) is 7.86. The van der Waals surface area contributed by atoms with Crippen molar-refractivity contribution in [2.75, 3.05) is 22.5 Å². The number of carbonyl (C=O) groups is 2. The first-order valence-corrected chi connectivity index (χ1v) is 9.49. The highest BCUT2D eigenvalue weighted by Crippen LogP contribution is 2.17. The van der Waals surface area contributed by atoms with Gasteiger partial charge in [0.1, 0.15) is 0 Å². The fourth-order valence-corrected chi connectivity index (χ4v) is 2.80. The lowest BCUT2D eigenvalue weighted by atomic mass is 10.1. The third-order valence-corrected chi connectivity index (χ3v) is 4.26. The number of amides is 2. The van der Waals surface area contributed by atoms with Crippen molar-refractivity contribution < 1.29 is 9.59 Å². The Morgan fingerprint density at radius 1 is 0.889 bits per heavy atom. The van der Waals surface area contributed by atoms with Crippen LogP contribution >= 0.6 is 0 Å². The van der Waals surface area contributed by atoms with E-state index in [0.717, 1.165) is 47.5 Å². The predicted octanol–water partition coefficient (Wildman–Crippen LogP) is 4.87. The van der Waals surface area contributed by atoms with Gasteiger partial charge < -0.3 is 16.0 Å². The Bertz CT molecular complexity index is 787. The summed E-state index contributed by atoms with van der Waals surface area (Å²) >= 11 is 0. The van der Waals surface area contributed by atoms with E-state index >= 15 is 0 Å². The van der Waals surface area contributed by atoms with E-state index in [-0.39, 0.29) is 18.4 Å². The summed E-state index contributed by atoms with van der Waals surface area (Å²) < 4.78 is 0. The van der Waals surface area contributed by atoms with Crippen molar-refractivity contribution in [3.05, 3.63) is 53.6 Å². The molecule has 0 aliphatic rings. The van der Waals surface area contributed by atoms with Crippen LogP contribution in [0.15, 0.2) is 42.5 Å². The summed E-state index contributed by atoms with van der Waals surface area (Å²) in [6, 6.07) is 13.3. The van der Waals surface area contributed by atoms with E-state index in [1.54, 1.807) is 0 Å². The molecule has 0 aliphatic heterocycles. The van der Waals surface area contributed by atoms with Crippen molar-refractivity contribution in [2.45, 2.75) is 46.5 Å². The summed E-state index contributed by atoms with van der Waals surface area (Å²) in [4.78, 5) is 24.1. The maximum absolute atomic E-state index is 12.2. The van der Waals surface area contributed by atoms with Crippen LogP contribution in [0.1, 0.15) is 43.7 Å². The molecule has 2 aromatic carbocycles. The highest BCUT2D eigenvalue weighted by atomic mass is 16.2. The lowest BCUT2D eigenvalue weighted by Gasteiger charge is -2.11. The molecular weight excluding hydrogens is 338 g/mol. The zero-order valence-electron chi connectivity index (χ0n) is 16.4. The summed E-state index contributed by atoms with van der Waals surface area (Å²) in [5.74, 6) is -0.0934. The van der Waals surface area contributed by atoms with Gasteiger partial charge in [0.25, 0.3) is 0 Å². The molecule has 0 spiro atoms. The second kappa shape index (κ2) is 10.4. The molecule has 2 aromatic rings. The molecule has 5 nitrogen and oxygen atoms in total. The van der Waals surface area contributed by atoms with E-state index in [9.17, 15) is 9.59 Å². The molecule has 0 saturated heterocycles. The second-order valence-electron chi connectivity index (χ2n) is 6.81. The molecule has 0 saturated carbocycles. The van der Waals surface area contributed by atoms with Gasteiger partial charge in [-0.2, -0.15) is 0 Å². The van der Waals surface area contributed by atoms with Crippen LogP contribution < -0.4 is 16.0 Å². The topological polar surface area (TPSA) is 70.2 Å². The number of hydrogen-bond donors (Lipinski definition) is 3. The molecule has 0 atom stereocenters. The second-order valence-corrected chi connectivity index (χ2v) is 6.81. The molecular formula is C22H29N3O2. The average Bonchev–Trinajstić information content (AvgIpc) is 2.63. The molecule has 0 radical (unpaired) electrons. The standard InChI is InChI=1S/C22H29N3O2/c1-4-5-6-10-21(26)24-19-9-7-8-18(14-19)23-15-22(27)25-20-12-11-16(2)13-17(20)3/h7-9,11-14,23H,4-6,10,15H2,1-3H3,(H,24,26)(H,25,27). The number of nitrogens with one attached hydrogen (secondary N) is 3. The summed E-state index contributed by atoms with van der Waals surface area (Å²) in [6.07, 6.45) is 3.59. The smallest absolute Gasteiger partial charge is 0.243 e. The summed E-state index contributed by atoms with van der Waals surface area (Å²) in [7, 11) is 0. The highest BCUT2D eigenvalue weighted by molar-refractivity contribution is 5.95. The van der Waals surface area contributed by atoms with E-state index in [4.69, 9.17) is 0 Å². The van der Waals surface area contributed by atoms with Gasteiger partial charge in [0.15, 0.2) is 0 Å². The van der Waals surface area contributed by atoms with Crippen molar-refractivity contribution >= 4 is 28.9 Å². The van der Waals surface area contributed by atoms with E-state index in [0.29, 0.717) is 6.42 Å². The number of benzene rings is 2. The molecule has 0 bridgehead atoms. The average molecular weight is 367 g/mol. The number of aryl methyl sites for hydroxylation is 2.